The normalized spacial score (nSPS) is 19.3. The summed E-state index contributed by atoms with van der Waals surface area (Å²) >= 11 is 6.37. The maximum Gasteiger partial charge on any atom is 0.211 e. The van der Waals surface area contributed by atoms with Crippen LogP contribution < -0.4 is 5.32 Å². The Morgan fingerprint density at radius 2 is 1.77 bits per heavy atom. The highest BCUT2D eigenvalue weighted by Crippen LogP contribution is 2.27. The minimum Gasteiger partial charge on any atom is -0.307 e. The van der Waals surface area contributed by atoms with E-state index in [0.717, 1.165) is 23.4 Å². The Bertz CT molecular complexity index is 638. The van der Waals surface area contributed by atoms with E-state index in [-0.39, 0.29) is 6.04 Å². The van der Waals surface area contributed by atoms with Crippen LogP contribution in [0.5, 0.6) is 0 Å². The molecule has 1 aliphatic heterocycles. The fourth-order valence-electron chi connectivity index (χ4n) is 2.93. The lowest BCUT2D eigenvalue weighted by Crippen LogP contribution is -2.45. The molecule has 0 amide bonds. The van der Waals surface area contributed by atoms with Gasteiger partial charge >= 0.3 is 0 Å². The third-order valence-corrected chi connectivity index (χ3v) is 6.12. The lowest BCUT2D eigenvalue weighted by molar-refractivity contribution is 0.278. The van der Waals surface area contributed by atoms with Gasteiger partial charge < -0.3 is 5.32 Å². The number of hydrogen-bond acceptors (Lipinski definition) is 3. The number of rotatable bonds is 4. The highest BCUT2D eigenvalue weighted by atomic mass is 35.5. The first kappa shape index (κ1) is 17.7. The molecule has 1 aliphatic rings. The molecule has 6 heteroatoms. The van der Waals surface area contributed by atoms with Gasteiger partial charge in [0.1, 0.15) is 0 Å². The summed E-state index contributed by atoms with van der Waals surface area (Å²) in [5, 5.41) is 4.38. The van der Waals surface area contributed by atoms with Gasteiger partial charge in [-0.25, -0.2) is 12.7 Å². The summed E-state index contributed by atoms with van der Waals surface area (Å²) in [6.07, 6.45) is 2.94. The topological polar surface area (TPSA) is 49.4 Å². The molecule has 0 aliphatic carbocycles. The lowest BCUT2D eigenvalue weighted by Gasteiger charge is -2.32. The van der Waals surface area contributed by atoms with Gasteiger partial charge in [-0.3, -0.25) is 0 Å². The minimum atomic E-state index is -3.06. The summed E-state index contributed by atoms with van der Waals surface area (Å²) in [7, 11) is -3.06. The van der Waals surface area contributed by atoms with Crippen LogP contribution in [0.2, 0.25) is 5.02 Å². The Labute approximate surface area is 138 Å². The van der Waals surface area contributed by atoms with Crippen molar-refractivity contribution in [3.8, 4) is 0 Å². The average molecular weight is 345 g/mol. The molecule has 0 saturated carbocycles. The van der Waals surface area contributed by atoms with Crippen molar-refractivity contribution >= 4 is 21.6 Å². The van der Waals surface area contributed by atoms with E-state index in [4.69, 9.17) is 11.6 Å². The fraction of sp³-hybridized carbons (Fsp3) is 0.625. The molecule has 0 spiro atoms. The predicted octanol–water partition coefficient (Wildman–Crippen LogP) is 3.03. The molecule has 0 radical (unpaired) electrons. The monoisotopic (exact) mass is 344 g/mol. The SMILES string of the molecule is Cc1cc(Cl)c([C@H](C)NC2CCN(S(C)(=O)=O)CC2)cc1C. The van der Waals surface area contributed by atoms with Crippen molar-refractivity contribution in [3.63, 3.8) is 0 Å². The number of benzene rings is 1. The van der Waals surface area contributed by atoms with Gasteiger partial charge in [-0.2, -0.15) is 0 Å². The molecule has 1 fully saturated rings. The third kappa shape index (κ3) is 4.22. The molecule has 124 valence electrons. The van der Waals surface area contributed by atoms with Crippen molar-refractivity contribution in [3.05, 3.63) is 33.8 Å². The van der Waals surface area contributed by atoms with Gasteiger partial charge in [-0.1, -0.05) is 17.7 Å². The van der Waals surface area contributed by atoms with Crippen LogP contribution >= 0.6 is 11.6 Å². The number of piperidine rings is 1. The summed E-state index contributed by atoms with van der Waals surface area (Å²) in [4.78, 5) is 0. The molecule has 1 aromatic carbocycles. The Hall–Kier alpha value is -0.620. The Morgan fingerprint density at radius 3 is 2.32 bits per heavy atom. The number of aryl methyl sites for hydroxylation is 2. The second-order valence-corrected chi connectivity index (χ2v) is 8.67. The minimum absolute atomic E-state index is 0.154. The number of nitrogens with one attached hydrogen (secondary N) is 1. The Morgan fingerprint density at radius 1 is 1.23 bits per heavy atom. The molecular weight excluding hydrogens is 320 g/mol. The van der Waals surface area contributed by atoms with Crippen molar-refractivity contribution in [1.29, 1.82) is 0 Å². The van der Waals surface area contributed by atoms with Crippen LogP contribution in [0.1, 0.15) is 42.5 Å². The maximum absolute atomic E-state index is 11.5. The quantitative estimate of drug-likeness (QED) is 0.913. The molecule has 0 unspecified atom stereocenters. The fourth-order valence-corrected chi connectivity index (χ4v) is 4.19. The van der Waals surface area contributed by atoms with E-state index < -0.39 is 10.0 Å². The van der Waals surface area contributed by atoms with Crippen LogP contribution in [0.15, 0.2) is 12.1 Å². The first-order chi connectivity index (χ1) is 10.2. The van der Waals surface area contributed by atoms with Crippen molar-refractivity contribution in [2.75, 3.05) is 19.3 Å². The zero-order chi connectivity index (χ0) is 16.5. The molecule has 2 rings (SSSR count). The molecule has 1 saturated heterocycles. The zero-order valence-electron chi connectivity index (χ0n) is 13.7. The maximum atomic E-state index is 11.5. The van der Waals surface area contributed by atoms with E-state index in [2.05, 4.69) is 32.2 Å². The first-order valence-electron chi connectivity index (χ1n) is 7.66. The largest absolute Gasteiger partial charge is 0.307 e. The summed E-state index contributed by atoms with van der Waals surface area (Å²) in [5.41, 5.74) is 3.54. The van der Waals surface area contributed by atoms with E-state index in [1.54, 1.807) is 4.31 Å². The van der Waals surface area contributed by atoms with E-state index in [1.807, 2.05) is 6.07 Å². The second kappa shape index (κ2) is 6.87. The molecule has 4 nitrogen and oxygen atoms in total. The van der Waals surface area contributed by atoms with Crippen LogP contribution in [0.4, 0.5) is 0 Å². The van der Waals surface area contributed by atoms with E-state index in [1.165, 1.54) is 17.4 Å². The summed E-state index contributed by atoms with van der Waals surface area (Å²) in [6.45, 7) is 7.43. The second-order valence-electron chi connectivity index (χ2n) is 6.28. The van der Waals surface area contributed by atoms with Crippen molar-refractivity contribution in [2.45, 2.75) is 45.7 Å². The van der Waals surface area contributed by atoms with Gasteiger partial charge in [0.25, 0.3) is 0 Å². The third-order valence-electron chi connectivity index (χ3n) is 4.49. The highest BCUT2D eigenvalue weighted by molar-refractivity contribution is 7.88. The number of sulfonamides is 1. The highest BCUT2D eigenvalue weighted by Gasteiger charge is 2.26. The molecule has 1 atom stereocenters. The summed E-state index contributed by atoms with van der Waals surface area (Å²) < 4.78 is 24.6. The molecule has 22 heavy (non-hydrogen) atoms. The van der Waals surface area contributed by atoms with Crippen LogP contribution in [0.25, 0.3) is 0 Å². The van der Waals surface area contributed by atoms with Crippen LogP contribution in [-0.4, -0.2) is 38.1 Å². The van der Waals surface area contributed by atoms with Crippen LogP contribution in [0.3, 0.4) is 0 Å². The van der Waals surface area contributed by atoms with E-state index >= 15 is 0 Å². The molecule has 1 heterocycles. The molecule has 1 N–H and O–H groups in total. The van der Waals surface area contributed by atoms with Gasteiger partial charge in [0.05, 0.1) is 6.26 Å². The van der Waals surface area contributed by atoms with Crippen LogP contribution in [0, 0.1) is 13.8 Å². The van der Waals surface area contributed by atoms with Gasteiger partial charge in [-0.15, -0.1) is 0 Å². The standard InChI is InChI=1S/C16H25ClN2O2S/c1-11-9-15(16(17)10-12(11)2)13(3)18-14-5-7-19(8-6-14)22(4,20)21/h9-10,13-14,18H,5-8H2,1-4H3/t13-/m0/s1. The predicted molar refractivity (Wildman–Crippen MR) is 91.9 cm³/mol. The van der Waals surface area contributed by atoms with E-state index in [9.17, 15) is 8.42 Å². The molecule has 1 aromatic rings. The zero-order valence-corrected chi connectivity index (χ0v) is 15.3. The van der Waals surface area contributed by atoms with Crippen molar-refractivity contribution in [2.24, 2.45) is 0 Å². The van der Waals surface area contributed by atoms with E-state index in [0.29, 0.717) is 19.1 Å². The van der Waals surface area contributed by atoms with Gasteiger partial charge in [-0.05, 0) is 56.4 Å². The number of hydrogen-bond donors (Lipinski definition) is 1. The number of nitrogens with zero attached hydrogens (tertiary/aromatic N) is 1. The molecule has 0 aromatic heterocycles. The van der Waals surface area contributed by atoms with Gasteiger partial charge in [0.15, 0.2) is 0 Å². The average Bonchev–Trinajstić information content (AvgIpc) is 2.42. The first-order valence-corrected chi connectivity index (χ1v) is 9.89. The Balaban J connectivity index is 1.99. The summed E-state index contributed by atoms with van der Waals surface area (Å²) in [6, 6.07) is 4.63. The van der Waals surface area contributed by atoms with Crippen molar-refractivity contribution < 1.29 is 8.42 Å². The smallest absolute Gasteiger partial charge is 0.211 e. The molecule has 0 bridgehead atoms. The Kier molecular flexibility index (Phi) is 5.54. The number of halogens is 1. The molecular formula is C16H25ClN2O2S. The van der Waals surface area contributed by atoms with Crippen LogP contribution in [-0.2, 0) is 10.0 Å². The lowest BCUT2D eigenvalue weighted by atomic mass is 9.99. The van der Waals surface area contributed by atoms with Gasteiger partial charge in [0, 0.05) is 30.2 Å². The van der Waals surface area contributed by atoms with Crippen molar-refractivity contribution in [1.82, 2.24) is 9.62 Å². The summed E-state index contributed by atoms with van der Waals surface area (Å²) in [5.74, 6) is 0. The van der Waals surface area contributed by atoms with Gasteiger partial charge in [0.2, 0.25) is 10.0 Å².